The molecule has 0 spiro atoms. The van der Waals surface area contributed by atoms with E-state index < -0.39 is 0 Å². The number of carbonyl (C=O) groups is 3. The number of amides is 2. The van der Waals surface area contributed by atoms with E-state index in [-0.39, 0.29) is 36.4 Å². The van der Waals surface area contributed by atoms with Crippen molar-refractivity contribution in [2.75, 3.05) is 44.7 Å². The first-order valence-corrected chi connectivity index (χ1v) is 10.7. The zero-order chi connectivity index (χ0) is 21.3. The van der Waals surface area contributed by atoms with Crippen LogP contribution in [0.5, 0.6) is 0 Å². The lowest BCUT2D eigenvalue weighted by molar-refractivity contribution is -0.151. The Morgan fingerprint density at radius 3 is 2.70 bits per heavy atom. The highest BCUT2D eigenvalue weighted by atomic mass is 16.5. The lowest BCUT2D eigenvalue weighted by Gasteiger charge is -2.31. The molecule has 1 atom stereocenters. The summed E-state index contributed by atoms with van der Waals surface area (Å²) >= 11 is 0. The van der Waals surface area contributed by atoms with E-state index >= 15 is 0 Å². The van der Waals surface area contributed by atoms with Crippen LogP contribution in [0.4, 0.5) is 5.69 Å². The highest BCUT2D eigenvalue weighted by molar-refractivity contribution is 5.95. The van der Waals surface area contributed by atoms with Gasteiger partial charge < -0.3 is 25.0 Å². The zero-order valence-corrected chi connectivity index (χ0v) is 17.5. The molecule has 8 nitrogen and oxygen atoms in total. The number of hydrogen-bond donors (Lipinski definition) is 2. The quantitative estimate of drug-likeness (QED) is 0.626. The summed E-state index contributed by atoms with van der Waals surface area (Å²) in [7, 11) is 0. The Balaban J connectivity index is 1.43. The van der Waals surface area contributed by atoms with Gasteiger partial charge in [0.15, 0.2) is 0 Å². The molecule has 164 valence electrons. The van der Waals surface area contributed by atoms with Crippen molar-refractivity contribution in [1.82, 2.24) is 10.2 Å². The highest BCUT2D eigenvalue weighted by Crippen LogP contribution is 2.19. The third-order valence-electron chi connectivity index (χ3n) is 5.55. The van der Waals surface area contributed by atoms with E-state index in [0.717, 1.165) is 25.1 Å². The summed E-state index contributed by atoms with van der Waals surface area (Å²) in [6.45, 7) is 4.69. The largest absolute Gasteiger partial charge is 0.466 e. The molecular formula is C22H31N3O5. The number of anilines is 1. The fourth-order valence-electron chi connectivity index (χ4n) is 3.80. The number of nitrogens with zero attached hydrogens (tertiary/aromatic N) is 1. The van der Waals surface area contributed by atoms with Crippen LogP contribution in [0.1, 0.15) is 43.0 Å². The Bertz CT molecular complexity index is 740. The minimum atomic E-state index is -0.169. The summed E-state index contributed by atoms with van der Waals surface area (Å²) in [5, 5.41) is 6.00. The highest BCUT2D eigenvalue weighted by Gasteiger charge is 2.28. The number of ether oxygens (including phenoxy) is 2. The van der Waals surface area contributed by atoms with Crippen molar-refractivity contribution in [3.63, 3.8) is 0 Å². The second-order valence-electron chi connectivity index (χ2n) is 7.69. The molecule has 0 saturated carbocycles. The Labute approximate surface area is 177 Å². The van der Waals surface area contributed by atoms with Gasteiger partial charge >= 0.3 is 5.97 Å². The second-order valence-corrected chi connectivity index (χ2v) is 7.69. The summed E-state index contributed by atoms with van der Waals surface area (Å²) in [6.07, 6.45) is 3.37. The molecule has 1 aromatic carbocycles. The fraction of sp³-hybridized carbons (Fsp3) is 0.591. The number of esters is 1. The maximum atomic E-state index is 12.5. The molecule has 2 fully saturated rings. The van der Waals surface area contributed by atoms with Crippen molar-refractivity contribution < 1.29 is 23.9 Å². The molecule has 0 aliphatic carbocycles. The van der Waals surface area contributed by atoms with Crippen molar-refractivity contribution in [1.29, 1.82) is 0 Å². The average molecular weight is 418 g/mol. The van der Waals surface area contributed by atoms with Crippen molar-refractivity contribution in [3.05, 3.63) is 29.8 Å². The number of piperidine rings is 1. The first-order chi connectivity index (χ1) is 14.6. The summed E-state index contributed by atoms with van der Waals surface area (Å²) in [5.74, 6) is -0.462. The number of benzene rings is 1. The second kappa shape index (κ2) is 11.0. The van der Waals surface area contributed by atoms with Gasteiger partial charge in [-0.15, -0.1) is 0 Å². The fourth-order valence-corrected chi connectivity index (χ4v) is 3.80. The van der Waals surface area contributed by atoms with Gasteiger partial charge in [0.05, 0.1) is 25.2 Å². The van der Waals surface area contributed by atoms with Crippen LogP contribution in [-0.2, 0) is 19.1 Å². The summed E-state index contributed by atoms with van der Waals surface area (Å²) in [4.78, 5) is 38.4. The van der Waals surface area contributed by atoms with Crippen LogP contribution in [0, 0.1) is 5.92 Å². The predicted octanol–water partition coefficient (Wildman–Crippen LogP) is 1.81. The zero-order valence-electron chi connectivity index (χ0n) is 17.5. The third kappa shape index (κ3) is 6.19. The molecule has 8 heteroatoms. The third-order valence-corrected chi connectivity index (χ3v) is 5.55. The van der Waals surface area contributed by atoms with E-state index in [1.165, 1.54) is 0 Å². The van der Waals surface area contributed by atoms with E-state index in [9.17, 15) is 14.4 Å². The van der Waals surface area contributed by atoms with E-state index in [0.29, 0.717) is 44.6 Å². The smallest absolute Gasteiger partial charge is 0.309 e. The van der Waals surface area contributed by atoms with Crippen LogP contribution < -0.4 is 10.6 Å². The molecule has 2 aliphatic heterocycles. The number of carbonyl (C=O) groups excluding carboxylic acids is 3. The minimum absolute atomic E-state index is 0.0226. The van der Waals surface area contributed by atoms with Crippen molar-refractivity contribution in [3.8, 4) is 0 Å². The van der Waals surface area contributed by atoms with Crippen LogP contribution in [-0.4, -0.2) is 68.2 Å². The molecule has 2 saturated heterocycles. The monoisotopic (exact) mass is 417 g/mol. The van der Waals surface area contributed by atoms with Crippen LogP contribution in [0.2, 0.25) is 0 Å². The maximum absolute atomic E-state index is 12.5. The number of hydrogen-bond acceptors (Lipinski definition) is 6. The predicted molar refractivity (Wildman–Crippen MR) is 112 cm³/mol. The molecule has 30 heavy (non-hydrogen) atoms. The lowest BCUT2D eigenvalue weighted by Crippen LogP contribution is -2.43. The van der Waals surface area contributed by atoms with Gasteiger partial charge in [-0.25, -0.2) is 0 Å². The molecule has 0 bridgehead atoms. The molecule has 2 N–H and O–H groups in total. The van der Waals surface area contributed by atoms with Crippen molar-refractivity contribution in [2.45, 2.75) is 38.7 Å². The summed E-state index contributed by atoms with van der Waals surface area (Å²) < 4.78 is 10.6. The van der Waals surface area contributed by atoms with E-state index in [1.807, 2.05) is 6.07 Å². The topological polar surface area (TPSA) is 97.0 Å². The van der Waals surface area contributed by atoms with Gasteiger partial charge in [-0.1, -0.05) is 6.07 Å². The van der Waals surface area contributed by atoms with Crippen LogP contribution in [0.15, 0.2) is 24.3 Å². The van der Waals surface area contributed by atoms with Gasteiger partial charge in [0, 0.05) is 37.5 Å². The maximum Gasteiger partial charge on any atom is 0.309 e. The molecule has 2 heterocycles. The Morgan fingerprint density at radius 2 is 2.00 bits per heavy atom. The van der Waals surface area contributed by atoms with Gasteiger partial charge in [-0.3, -0.25) is 14.4 Å². The van der Waals surface area contributed by atoms with Gasteiger partial charge in [-0.2, -0.15) is 0 Å². The SMILES string of the molecule is CCOC(=O)C1CCN(C(=O)CNc2cccc(C(=O)NCC3CCCO3)c2)CC1. The molecule has 0 radical (unpaired) electrons. The summed E-state index contributed by atoms with van der Waals surface area (Å²) in [6, 6.07) is 7.11. The van der Waals surface area contributed by atoms with Gasteiger partial charge in [0.1, 0.15) is 0 Å². The Kier molecular flexibility index (Phi) is 8.07. The molecule has 2 amide bonds. The normalized spacial score (nSPS) is 19.4. The van der Waals surface area contributed by atoms with Crippen LogP contribution in [0.25, 0.3) is 0 Å². The minimum Gasteiger partial charge on any atom is -0.466 e. The molecule has 3 rings (SSSR count). The lowest BCUT2D eigenvalue weighted by atomic mass is 9.97. The van der Waals surface area contributed by atoms with Crippen molar-refractivity contribution >= 4 is 23.5 Å². The average Bonchev–Trinajstić information content (AvgIpc) is 3.30. The molecule has 1 aromatic rings. The number of rotatable bonds is 8. The first kappa shape index (κ1) is 22.1. The van der Waals surface area contributed by atoms with Gasteiger partial charge in [-0.05, 0) is 50.8 Å². The molecule has 2 aliphatic rings. The van der Waals surface area contributed by atoms with Crippen LogP contribution in [0.3, 0.4) is 0 Å². The number of likely N-dealkylation sites (tertiary alicyclic amines) is 1. The molecular weight excluding hydrogens is 386 g/mol. The van der Waals surface area contributed by atoms with E-state index in [2.05, 4.69) is 10.6 Å². The summed E-state index contributed by atoms with van der Waals surface area (Å²) in [5.41, 5.74) is 1.26. The Morgan fingerprint density at radius 1 is 1.20 bits per heavy atom. The van der Waals surface area contributed by atoms with Crippen molar-refractivity contribution in [2.24, 2.45) is 5.92 Å². The van der Waals surface area contributed by atoms with Gasteiger partial charge in [0.2, 0.25) is 5.91 Å². The number of nitrogens with one attached hydrogen (secondary N) is 2. The molecule has 1 unspecified atom stereocenters. The van der Waals surface area contributed by atoms with Gasteiger partial charge in [0.25, 0.3) is 5.91 Å². The van der Waals surface area contributed by atoms with E-state index in [4.69, 9.17) is 9.47 Å². The van der Waals surface area contributed by atoms with E-state index in [1.54, 1.807) is 30.0 Å². The molecule has 0 aromatic heterocycles. The standard InChI is InChI=1S/C22H31N3O5/c1-2-29-22(28)16-8-10-25(11-9-16)20(26)15-23-18-6-3-5-17(13-18)21(27)24-14-19-7-4-12-30-19/h3,5-6,13,16,19,23H,2,4,7-12,14-15H2,1H3,(H,24,27). The first-order valence-electron chi connectivity index (χ1n) is 10.7. The Hall–Kier alpha value is -2.61. The van der Waals surface area contributed by atoms with Crippen LogP contribution >= 0.6 is 0 Å².